The van der Waals surface area contributed by atoms with Gasteiger partial charge in [0.1, 0.15) is 10.9 Å². The zero-order valence-electron chi connectivity index (χ0n) is 16.7. The third-order valence-corrected chi connectivity index (χ3v) is 5.94. The van der Waals surface area contributed by atoms with E-state index >= 15 is 0 Å². The Hall–Kier alpha value is -1.54. The van der Waals surface area contributed by atoms with Crippen LogP contribution < -0.4 is 5.32 Å². The summed E-state index contributed by atoms with van der Waals surface area (Å²) in [6.07, 6.45) is 3.00. The zero-order valence-corrected chi connectivity index (χ0v) is 19.1. The summed E-state index contributed by atoms with van der Waals surface area (Å²) in [5.41, 5.74) is -0.0428. The summed E-state index contributed by atoms with van der Waals surface area (Å²) in [6.45, 7) is 5.96. The fourth-order valence-corrected chi connectivity index (χ4v) is 4.26. The number of thioether (sulfide) groups is 1. The molecular weight excluding hydrogens is 444 g/mol. The van der Waals surface area contributed by atoms with Gasteiger partial charge in [-0.2, -0.15) is 0 Å². The molecule has 2 atom stereocenters. The van der Waals surface area contributed by atoms with Gasteiger partial charge in [-0.1, -0.05) is 28.1 Å². The highest BCUT2D eigenvalue weighted by Gasteiger charge is 2.39. The van der Waals surface area contributed by atoms with Crippen molar-refractivity contribution in [3.8, 4) is 0 Å². The van der Waals surface area contributed by atoms with Crippen molar-refractivity contribution in [2.45, 2.75) is 50.5 Å². The summed E-state index contributed by atoms with van der Waals surface area (Å²) in [5, 5.41) is 2.28. The average molecular weight is 471 g/mol. The molecule has 2 amide bonds. The lowest BCUT2D eigenvalue weighted by Gasteiger charge is -2.31. The van der Waals surface area contributed by atoms with Crippen molar-refractivity contribution in [3.63, 3.8) is 0 Å². The minimum atomic E-state index is -0.585. The number of amides is 2. The number of ether oxygens (including phenoxy) is 1. The molecule has 0 saturated carbocycles. The van der Waals surface area contributed by atoms with Crippen molar-refractivity contribution < 1.29 is 19.1 Å². The van der Waals surface area contributed by atoms with Gasteiger partial charge in [-0.15, -0.1) is 11.8 Å². The van der Waals surface area contributed by atoms with Gasteiger partial charge in [-0.25, -0.2) is 4.79 Å². The van der Waals surface area contributed by atoms with Crippen LogP contribution in [0.3, 0.4) is 0 Å². The Morgan fingerprint density at radius 2 is 1.93 bits per heavy atom. The van der Waals surface area contributed by atoms with E-state index in [1.54, 1.807) is 29.2 Å². The molecule has 1 aromatic carbocycles. The standard InChI is InChI=1S/C20H27BrN2O4S/c1-20(2,3)27-19(26)23-11-5-6-15(23)17(28-4)18(25)22-12-16(24)13-7-9-14(21)10-8-13/h7-10,15,17H,5-6,11-12H2,1-4H3,(H,22,25)/t15?,17-/m0/s1. The Kier molecular flexibility index (Phi) is 7.95. The van der Waals surface area contributed by atoms with Crippen molar-refractivity contribution in [3.05, 3.63) is 34.3 Å². The summed E-state index contributed by atoms with van der Waals surface area (Å²) < 4.78 is 6.37. The van der Waals surface area contributed by atoms with Crippen LogP contribution in [-0.2, 0) is 9.53 Å². The van der Waals surface area contributed by atoms with Gasteiger partial charge in [0.05, 0.1) is 12.6 Å². The second-order valence-corrected chi connectivity index (χ2v) is 9.58. The van der Waals surface area contributed by atoms with Crippen molar-refractivity contribution in [1.29, 1.82) is 0 Å². The number of carbonyl (C=O) groups is 3. The number of ketones is 1. The molecule has 1 fully saturated rings. The van der Waals surface area contributed by atoms with Crippen LogP contribution in [0.25, 0.3) is 0 Å². The largest absolute Gasteiger partial charge is 0.444 e. The highest BCUT2D eigenvalue weighted by Crippen LogP contribution is 2.28. The van der Waals surface area contributed by atoms with Crippen LogP contribution in [0.4, 0.5) is 4.79 Å². The topological polar surface area (TPSA) is 75.7 Å². The van der Waals surface area contributed by atoms with Gasteiger partial charge in [-0.3, -0.25) is 9.59 Å². The fourth-order valence-electron chi connectivity index (χ4n) is 3.10. The first kappa shape index (κ1) is 22.7. The summed E-state index contributed by atoms with van der Waals surface area (Å²) in [6, 6.07) is 6.76. The quantitative estimate of drug-likeness (QED) is 0.638. The molecule has 28 heavy (non-hydrogen) atoms. The average Bonchev–Trinajstić information content (AvgIpc) is 3.09. The molecule has 0 spiro atoms. The summed E-state index contributed by atoms with van der Waals surface area (Å²) in [5.74, 6) is -0.394. The van der Waals surface area contributed by atoms with Gasteiger partial charge < -0.3 is 15.0 Å². The normalized spacial score (nSPS) is 17.9. The molecule has 2 rings (SSSR count). The number of likely N-dealkylation sites (tertiary alicyclic amines) is 1. The van der Waals surface area contributed by atoms with E-state index in [1.807, 2.05) is 27.0 Å². The van der Waals surface area contributed by atoms with E-state index in [4.69, 9.17) is 4.74 Å². The number of nitrogens with one attached hydrogen (secondary N) is 1. The molecule has 0 bridgehead atoms. The van der Waals surface area contributed by atoms with Gasteiger partial charge in [-0.05, 0) is 52.0 Å². The lowest BCUT2D eigenvalue weighted by Crippen LogP contribution is -2.50. The van der Waals surface area contributed by atoms with Crippen molar-refractivity contribution >= 4 is 45.5 Å². The minimum Gasteiger partial charge on any atom is -0.444 e. The number of Topliss-reactive ketones (excluding diaryl/α,β-unsaturated/α-hetero) is 1. The highest BCUT2D eigenvalue weighted by atomic mass is 79.9. The molecule has 1 aromatic rings. The van der Waals surface area contributed by atoms with E-state index in [0.29, 0.717) is 12.1 Å². The number of hydrogen-bond acceptors (Lipinski definition) is 5. The number of nitrogens with zero attached hydrogens (tertiary/aromatic N) is 1. The second-order valence-electron chi connectivity index (χ2n) is 7.69. The van der Waals surface area contributed by atoms with Gasteiger partial charge in [0.2, 0.25) is 5.91 Å². The van der Waals surface area contributed by atoms with E-state index in [9.17, 15) is 14.4 Å². The van der Waals surface area contributed by atoms with Gasteiger partial charge in [0.15, 0.2) is 5.78 Å². The SMILES string of the molecule is CS[C@H](C(=O)NCC(=O)c1ccc(Br)cc1)C1CCCN1C(=O)OC(C)(C)C. The Morgan fingerprint density at radius 3 is 2.50 bits per heavy atom. The third kappa shape index (κ3) is 6.24. The third-order valence-electron chi connectivity index (χ3n) is 4.38. The minimum absolute atomic E-state index is 0.0727. The molecule has 1 unspecified atom stereocenters. The molecule has 1 heterocycles. The predicted octanol–water partition coefficient (Wildman–Crippen LogP) is 3.88. The number of carbonyl (C=O) groups excluding carboxylic acids is 3. The molecule has 0 aromatic heterocycles. The lowest BCUT2D eigenvalue weighted by molar-refractivity contribution is -0.121. The van der Waals surface area contributed by atoms with E-state index in [-0.39, 0.29) is 24.3 Å². The Labute approximate surface area is 178 Å². The van der Waals surface area contributed by atoms with Crippen LogP contribution in [-0.4, -0.2) is 58.9 Å². The van der Waals surface area contributed by atoms with Crippen LogP contribution in [0.15, 0.2) is 28.7 Å². The van der Waals surface area contributed by atoms with Crippen LogP contribution in [0.1, 0.15) is 44.0 Å². The van der Waals surface area contributed by atoms with Crippen molar-refractivity contribution in [1.82, 2.24) is 10.2 Å². The molecular formula is C20H27BrN2O4S. The number of benzene rings is 1. The van der Waals surface area contributed by atoms with Crippen molar-refractivity contribution in [2.24, 2.45) is 0 Å². The number of hydrogen-bond donors (Lipinski definition) is 1. The van der Waals surface area contributed by atoms with E-state index in [1.165, 1.54) is 11.8 Å². The molecule has 1 aliphatic heterocycles. The molecule has 1 saturated heterocycles. The summed E-state index contributed by atoms with van der Waals surface area (Å²) >= 11 is 4.72. The molecule has 6 nitrogen and oxygen atoms in total. The van der Waals surface area contributed by atoms with Crippen LogP contribution in [0.2, 0.25) is 0 Å². The molecule has 154 valence electrons. The molecule has 0 radical (unpaired) electrons. The van der Waals surface area contributed by atoms with Crippen LogP contribution >= 0.6 is 27.7 Å². The van der Waals surface area contributed by atoms with E-state index in [2.05, 4.69) is 21.2 Å². The van der Waals surface area contributed by atoms with Gasteiger partial charge in [0.25, 0.3) is 0 Å². The predicted molar refractivity (Wildman–Crippen MR) is 115 cm³/mol. The smallest absolute Gasteiger partial charge is 0.410 e. The first-order chi connectivity index (χ1) is 13.1. The number of rotatable bonds is 6. The first-order valence-corrected chi connectivity index (χ1v) is 11.3. The summed E-state index contributed by atoms with van der Waals surface area (Å²) in [4.78, 5) is 39.2. The Morgan fingerprint density at radius 1 is 1.29 bits per heavy atom. The maximum atomic E-state index is 12.7. The Bertz CT molecular complexity index is 718. The second kappa shape index (κ2) is 9.78. The van der Waals surface area contributed by atoms with Crippen LogP contribution in [0.5, 0.6) is 0 Å². The molecule has 1 aliphatic rings. The van der Waals surface area contributed by atoms with E-state index in [0.717, 1.165) is 17.3 Å². The van der Waals surface area contributed by atoms with Gasteiger partial charge >= 0.3 is 6.09 Å². The molecule has 1 N–H and O–H groups in total. The number of halogens is 1. The van der Waals surface area contributed by atoms with Gasteiger partial charge in [0, 0.05) is 16.6 Å². The molecule has 8 heteroatoms. The van der Waals surface area contributed by atoms with E-state index < -0.39 is 16.9 Å². The van der Waals surface area contributed by atoms with Crippen LogP contribution in [0, 0.1) is 0 Å². The lowest BCUT2D eigenvalue weighted by atomic mass is 10.1. The fraction of sp³-hybridized carbons (Fsp3) is 0.550. The maximum Gasteiger partial charge on any atom is 0.410 e. The Balaban J connectivity index is 1.98. The van der Waals surface area contributed by atoms with Crippen molar-refractivity contribution in [2.75, 3.05) is 19.3 Å². The first-order valence-electron chi connectivity index (χ1n) is 9.21. The zero-order chi connectivity index (χ0) is 20.9. The summed E-state index contributed by atoms with van der Waals surface area (Å²) in [7, 11) is 0. The molecule has 0 aliphatic carbocycles. The maximum absolute atomic E-state index is 12.7. The highest BCUT2D eigenvalue weighted by molar-refractivity contribution is 9.10. The monoisotopic (exact) mass is 470 g/mol.